The number of hydrogen-bond donors (Lipinski definition) is 1. The number of hydrogen-bond acceptors (Lipinski definition) is 5. The molecule has 0 unspecified atom stereocenters. The molecule has 0 spiro atoms. The van der Waals surface area contributed by atoms with Crippen molar-refractivity contribution >= 4 is 23.1 Å². The number of amides is 1. The number of carbonyl (C=O) groups is 2. The first kappa shape index (κ1) is 30.0. The molecule has 1 aliphatic heterocycles. The Kier molecular flexibility index (Phi) is 8.22. The number of morpholine rings is 1. The molecule has 1 heterocycles. The number of alkyl halides is 3. The Labute approximate surface area is 251 Å². The second-order valence-corrected chi connectivity index (χ2v) is 13.0. The van der Waals surface area contributed by atoms with Crippen LogP contribution in [-0.2, 0) is 33.3 Å². The lowest BCUT2D eigenvalue weighted by molar-refractivity contribution is -0.137. The van der Waals surface area contributed by atoms with Gasteiger partial charge in [0.25, 0.3) is 0 Å². The van der Waals surface area contributed by atoms with Gasteiger partial charge in [0.05, 0.1) is 25.9 Å². The van der Waals surface area contributed by atoms with E-state index in [1.54, 1.807) is 6.07 Å². The first-order valence-electron chi connectivity index (χ1n) is 15.6. The molecule has 6 rings (SSSR count). The molecule has 2 aromatic rings. The summed E-state index contributed by atoms with van der Waals surface area (Å²) in [6.07, 6.45) is 2.61. The van der Waals surface area contributed by atoms with Gasteiger partial charge >= 0.3 is 6.18 Å². The molecular formula is C34H41F3N2O4. The van der Waals surface area contributed by atoms with E-state index in [2.05, 4.69) is 24.4 Å². The Hall–Kier alpha value is -3.07. The van der Waals surface area contributed by atoms with Gasteiger partial charge in [-0.15, -0.1) is 0 Å². The van der Waals surface area contributed by atoms with Crippen LogP contribution in [0, 0.1) is 17.3 Å². The highest BCUT2D eigenvalue weighted by Gasteiger charge is 2.54. The average molecular weight is 599 g/mol. The smallest absolute Gasteiger partial charge is 0.416 e. The highest BCUT2D eigenvalue weighted by molar-refractivity contribution is 5.87. The summed E-state index contributed by atoms with van der Waals surface area (Å²) in [5, 5.41) is 3.30. The third-order valence-electron chi connectivity index (χ3n) is 10.6. The standard InChI is InChI=1S/C34H41F3N2O4/c1-33-11-10-26-27(29(33)8-9-31(33)40)7-6-21-17-30(38-24-18-23(34(35,36)37)19-25(20-24)42-2)22(16-28(21)26)4-3-5-32(41)39-12-14-43-15-13-39/h16-20,26-27,29,38H,3-15H2,1-2H3/t26-,27+,29-,33-/m0/s1. The van der Waals surface area contributed by atoms with Crippen LogP contribution >= 0.6 is 0 Å². The van der Waals surface area contributed by atoms with Crippen LogP contribution in [0.3, 0.4) is 0 Å². The monoisotopic (exact) mass is 598 g/mol. The summed E-state index contributed by atoms with van der Waals surface area (Å²) in [4.78, 5) is 27.5. The molecule has 1 N–H and O–H groups in total. The van der Waals surface area contributed by atoms with E-state index in [1.165, 1.54) is 18.2 Å². The van der Waals surface area contributed by atoms with Gasteiger partial charge in [-0.3, -0.25) is 9.59 Å². The molecule has 4 aliphatic rings. The molecule has 2 saturated carbocycles. The van der Waals surface area contributed by atoms with Crippen LogP contribution in [0.25, 0.3) is 0 Å². The number of benzene rings is 2. The summed E-state index contributed by atoms with van der Waals surface area (Å²) in [6.45, 7) is 4.49. The molecular weight excluding hydrogens is 557 g/mol. The van der Waals surface area contributed by atoms with E-state index < -0.39 is 11.7 Å². The molecule has 2 aromatic carbocycles. The summed E-state index contributed by atoms with van der Waals surface area (Å²) in [5.41, 5.74) is 3.65. The molecule has 43 heavy (non-hydrogen) atoms. The van der Waals surface area contributed by atoms with Gasteiger partial charge in [-0.05, 0) is 97.6 Å². The number of methoxy groups -OCH3 is 1. The second kappa shape index (κ2) is 11.8. The van der Waals surface area contributed by atoms with E-state index in [0.717, 1.165) is 55.5 Å². The SMILES string of the molecule is COc1cc(Nc2cc3c(cc2CCCC(=O)N2CCOCC2)[C@H]2CC[C@]4(C)C(=O)CC[C@H]4[C@@H]2CC3)cc(C(F)(F)F)c1. The number of ether oxygens (including phenoxy) is 2. The van der Waals surface area contributed by atoms with E-state index in [0.29, 0.717) is 81.2 Å². The van der Waals surface area contributed by atoms with Gasteiger partial charge in [-0.2, -0.15) is 13.2 Å². The molecule has 0 bridgehead atoms. The molecule has 3 aliphatic carbocycles. The maximum absolute atomic E-state index is 13.7. The van der Waals surface area contributed by atoms with Crippen molar-refractivity contribution in [3.63, 3.8) is 0 Å². The number of ketones is 1. The van der Waals surface area contributed by atoms with Crippen LogP contribution < -0.4 is 10.1 Å². The van der Waals surface area contributed by atoms with Gasteiger partial charge in [0.2, 0.25) is 5.91 Å². The third-order valence-corrected chi connectivity index (χ3v) is 10.6. The second-order valence-electron chi connectivity index (χ2n) is 13.0. The normalized spacial score (nSPS) is 26.9. The molecule has 6 nitrogen and oxygen atoms in total. The number of nitrogens with zero attached hydrogens (tertiary/aromatic N) is 1. The summed E-state index contributed by atoms with van der Waals surface area (Å²) in [7, 11) is 1.36. The van der Waals surface area contributed by atoms with Gasteiger partial charge in [0.15, 0.2) is 0 Å². The quantitative estimate of drug-likeness (QED) is 0.370. The van der Waals surface area contributed by atoms with Crippen molar-refractivity contribution < 1.29 is 32.2 Å². The van der Waals surface area contributed by atoms with Crippen LogP contribution in [0.15, 0.2) is 30.3 Å². The molecule has 4 atom stereocenters. The summed E-state index contributed by atoms with van der Waals surface area (Å²) in [5.74, 6) is 1.92. The zero-order valence-corrected chi connectivity index (χ0v) is 25.0. The summed E-state index contributed by atoms with van der Waals surface area (Å²) < 4.78 is 51.6. The first-order chi connectivity index (χ1) is 20.6. The zero-order valence-electron chi connectivity index (χ0n) is 25.0. The predicted molar refractivity (Wildman–Crippen MR) is 158 cm³/mol. The van der Waals surface area contributed by atoms with Crippen molar-refractivity contribution in [3.8, 4) is 5.75 Å². The van der Waals surface area contributed by atoms with Crippen molar-refractivity contribution in [1.29, 1.82) is 0 Å². The molecule has 3 fully saturated rings. The first-order valence-corrected chi connectivity index (χ1v) is 15.6. The van der Waals surface area contributed by atoms with Crippen molar-refractivity contribution in [3.05, 3.63) is 52.6 Å². The van der Waals surface area contributed by atoms with E-state index >= 15 is 0 Å². The molecule has 232 valence electrons. The lowest BCUT2D eigenvalue weighted by Crippen LogP contribution is -2.42. The largest absolute Gasteiger partial charge is 0.497 e. The average Bonchev–Trinajstić information content (AvgIpc) is 3.31. The van der Waals surface area contributed by atoms with Gasteiger partial charge in [-0.1, -0.05) is 13.0 Å². The number of rotatable bonds is 7. The number of Topliss-reactive ketones (excluding diaryl/α,β-unsaturated/α-hetero) is 1. The number of carbonyl (C=O) groups excluding carboxylic acids is 2. The van der Waals surface area contributed by atoms with Crippen molar-refractivity contribution in [2.75, 3.05) is 38.7 Å². The minimum absolute atomic E-state index is 0.107. The van der Waals surface area contributed by atoms with Gasteiger partial charge in [0, 0.05) is 48.8 Å². The molecule has 1 amide bonds. The zero-order chi connectivity index (χ0) is 30.4. The minimum atomic E-state index is -4.50. The number of nitrogens with one attached hydrogen (secondary N) is 1. The van der Waals surface area contributed by atoms with Crippen LogP contribution in [0.2, 0.25) is 0 Å². The Morgan fingerprint density at radius 3 is 2.63 bits per heavy atom. The van der Waals surface area contributed by atoms with Crippen molar-refractivity contribution in [1.82, 2.24) is 4.90 Å². The Bertz CT molecular complexity index is 1390. The topological polar surface area (TPSA) is 67.9 Å². The minimum Gasteiger partial charge on any atom is -0.497 e. The number of anilines is 2. The molecule has 0 radical (unpaired) electrons. The summed E-state index contributed by atoms with van der Waals surface area (Å²) in [6, 6.07) is 8.06. The Balaban J connectivity index is 1.30. The summed E-state index contributed by atoms with van der Waals surface area (Å²) >= 11 is 0. The number of fused-ring (bicyclic) bond motifs is 5. The van der Waals surface area contributed by atoms with Crippen LogP contribution in [0.1, 0.15) is 80.0 Å². The lowest BCUT2D eigenvalue weighted by atomic mass is 9.55. The van der Waals surface area contributed by atoms with Crippen molar-refractivity contribution in [2.45, 2.75) is 76.8 Å². The van der Waals surface area contributed by atoms with E-state index in [4.69, 9.17) is 9.47 Å². The highest BCUT2D eigenvalue weighted by atomic mass is 19.4. The predicted octanol–water partition coefficient (Wildman–Crippen LogP) is 7.06. The molecule has 9 heteroatoms. The Morgan fingerprint density at radius 2 is 1.88 bits per heavy atom. The van der Waals surface area contributed by atoms with Crippen LogP contribution in [0.5, 0.6) is 5.75 Å². The number of aryl methyl sites for hydroxylation is 2. The van der Waals surface area contributed by atoms with E-state index in [9.17, 15) is 22.8 Å². The van der Waals surface area contributed by atoms with Crippen molar-refractivity contribution in [2.24, 2.45) is 17.3 Å². The van der Waals surface area contributed by atoms with Crippen LogP contribution in [-0.4, -0.2) is 50.0 Å². The fourth-order valence-corrected chi connectivity index (χ4v) is 8.27. The third kappa shape index (κ3) is 5.89. The maximum Gasteiger partial charge on any atom is 0.416 e. The highest BCUT2D eigenvalue weighted by Crippen LogP contribution is 2.59. The fourth-order valence-electron chi connectivity index (χ4n) is 8.27. The van der Waals surface area contributed by atoms with E-state index in [-0.39, 0.29) is 17.1 Å². The maximum atomic E-state index is 13.7. The fraction of sp³-hybridized carbons (Fsp3) is 0.588. The molecule has 1 saturated heterocycles. The van der Waals surface area contributed by atoms with Crippen LogP contribution in [0.4, 0.5) is 24.5 Å². The van der Waals surface area contributed by atoms with E-state index in [1.807, 2.05) is 4.90 Å². The molecule has 0 aromatic heterocycles. The lowest BCUT2D eigenvalue weighted by Gasteiger charge is -2.48. The van der Waals surface area contributed by atoms with Gasteiger partial charge < -0.3 is 19.7 Å². The van der Waals surface area contributed by atoms with Gasteiger partial charge in [0.1, 0.15) is 11.5 Å². The van der Waals surface area contributed by atoms with Gasteiger partial charge in [-0.25, -0.2) is 0 Å². The Morgan fingerprint density at radius 1 is 1.09 bits per heavy atom. The number of halogens is 3.